The normalized spacial score (nSPS) is 18.0. The molecule has 1 atom stereocenters. The van der Waals surface area contributed by atoms with E-state index in [9.17, 15) is 9.59 Å². The van der Waals surface area contributed by atoms with Gasteiger partial charge in [-0.15, -0.1) is 5.10 Å². The lowest BCUT2D eigenvalue weighted by molar-refractivity contribution is 0.0592. The third-order valence-electron chi connectivity index (χ3n) is 2.83. The molecule has 1 unspecified atom stereocenters. The Hall–Kier alpha value is -2.12. The number of aromatic nitrogens is 3. The zero-order chi connectivity index (χ0) is 13.8. The van der Waals surface area contributed by atoms with Gasteiger partial charge in [-0.05, 0) is 6.42 Å². The summed E-state index contributed by atoms with van der Waals surface area (Å²) in [6.45, 7) is 2.80. The van der Waals surface area contributed by atoms with Crippen molar-refractivity contribution in [1.82, 2.24) is 20.3 Å². The number of ether oxygens (including phenoxy) is 2. The lowest BCUT2D eigenvalue weighted by Gasteiger charge is -2.10. The molecule has 0 aliphatic carbocycles. The molecule has 8 nitrogen and oxygen atoms in total. The number of nitrogens with one attached hydrogen (secondary N) is 1. The average Bonchev–Trinajstić information content (AvgIpc) is 2.97. The summed E-state index contributed by atoms with van der Waals surface area (Å²) in [4.78, 5) is 22.5. The van der Waals surface area contributed by atoms with Crippen molar-refractivity contribution in [2.24, 2.45) is 0 Å². The number of hydrogen-bond acceptors (Lipinski definition) is 6. The molecule has 1 aliphatic heterocycles. The molecular weight excluding hydrogens is 252 g/mol. The van der Waals surface area contributed by atoms with Crippen LogP contribution in [0.1, 0.15) is 29.5 Å². The Morgan fingerprint density at radius 2 is 2.42 bits per heavy atom. The van der Waals surface area contributed by atoms with E-state index < -0.39 is 12.1 Å². The van der Waals surface area contributed by atoms with Gasteiger partial charge in [-0.25, -0.2) is 14.3 Å². The number of hydrogen-bond donors (Lipinski definition) is 1. The van der Waals surface area contributed by atoms with Gasteiger partial charge in [-0.3, -0.25) is 0 Å². The third kappa shape index (κ3) is 2.83. The van der Waals surface area contributed by atoms with Crippen molar-refractivity contribution in [3.63, 3.8) is 0 Å². The summed E-state index contributed by atoms with van der Waals surface area (Å²) < 4.78 is 11.3. The number of amides is 1. The summed E-state index contributed by atoms with van der Waals surface area (Å²) in [7, 11) is 1.31. The van der Waals surface area contributed by atoms with Crippen LogP contribution < -0.4 is 5.32 Å². The molecule has 1 saturated heterocycles. The molecule has 0 spiro atoms. The number of rotatable bonds is 5. The maximum Gasteiger partial charge on any atom is 0.407 e. The number of carbonyl (C=O) groups is 2. The first-order chi connectivity index (χ1) is 9.15. The van der Waals surface area contributed by atoms with Crippen LogP contribution >= 0.6 is 0 Å². The molecular formula is C11H16N4O4. The predicted molar refractivity (Wildman–Crippen MR) is 63.6 cm³/mol. The molecule has 104 valence electrons. The Bertz CT molecular complexity index is 485. The summed E-state index contributed by atoms with van der Waals surface area (Å²) in [5.41, 5.74) is 0.930. The fourth-order valence-electron chi connectivity index (χ4n) is 1.95. The molecule has 1 amide bonds. The second-order valence-electron chi connectivity index (χ2n) is 4.22. The van der Waals surface area contributed by atoms with Crippen molar-refractivity contribution in [3.8, 4) is 0 Å². The van der Waals surface area contributed by atoms with Crippen molar-refractivity contribution in [2.75, 3.05) is 13.7 Å². The van der Waals surface area contributed by atoms with Gasteiger partial charge in [-0.2, -0.15) is 0 Å². The Balaban J connectivity index is 2.17. The minimum absolute atomic E-state index is 0.224. The van der Waals surface area contributed by atoms with Crippen LogP contribution in [0.4, 0.5) is 4.79 Å². The fraction of sp³-hybridized carbons (Fsp3) is 0.636. The summed E-state index contributed by atoms with van der Waals surface area (Å²) in [6, 6.07) is 0. The standard InChI is InChI=1S/C11H16N4O4/c1-3-4-8-9(10(16)18-2)13-14-15(8)6-7-5-12-11(17)19-7/h7H,3-6H2,1-2H3,(H,12,17). The quantitative estimate of drug-likeness (QED) is 0.762. The minimum atomic E-state index is -0.503. The lowest BCUT2D eigenvalue weighted by atomic mass is 10.2. The first-order valence-corrected chi connectivity index (χ1v) is 6.10. The number of carbonyl (C=O) groups excluding carboxylic acids is 2. The smallest absolute Gasteiger partial charge is 0.407 e. The van der Waals surface area contributed by atoms with Crippen molar-refractivity contribution in [1.29, 1.82) is 0 Å². The van der Waals surface area contributed by atoms with Gasteiger partial charge in [0.15, 0.2) is 5.69 Å². The summed E-state index contributed by atoms with van der Waals surface area (Å²) >= 11 is 0. The molecule has 2 rings (SSSR count). The van der Waals surface area contributed by atoms with Gasteiger partial charge < -0.3 is 14.8 Å². The van der Waals surface area contributed by atoms with E-state index in [4.69, 9.17) is 4.74 Å². The summed E-state index contributed by atoms with van der Waals surface area (Å²) in [5, 5.41) is 10.4. The number of esters is 1. The van der Waals surface area contributed by atoms with E-state index in [1.807, 2.05) is 6.92 Å². The van der Waals surface area contributed by atoms with Crippen LogP contribution in [0.15, 0.2) is 0 Å². The van der Waals surface area contributed by atoms with Crippen LogP contribution in [0, 0.1) is 0 Å². The molecule has 1 aromatic rings. The highest BCUT2D eigenvalue weighted by Crippen LogP contribution is 2.12. The van der Waals surface area contributed by atoms with Gasteiger partial charge in [0.25, 0.3) is 0 Å². The first-order valence-electron chi connectivity index (χ1n) is 6.10. The van der Waals surface area contributed by atoms with E-state index in [1.54, 1.807) is 4.68 Å². The maximum atomic E-state index is 11.6. The molecule has 0 saturated carbocycles. The molecule has 1 N–H and O–H groups in total. The van der Waals surface area contributed by atoms with Crippen LogP contribution in [0.2, 0.25) is 0 Å². The Morgan fingerprint density at radius 3 is 3.00 bits per heavy atom. The molecule has 1 aromatic heterocycles. The molecule has 0 aromatic carbocycles. The Labute approximate surface area is 110 Å². The number of cyclic esters (lactones) is 1. The number of methoxy groups -OCH3 is 1. The van der Waals surface area contributed by atoms with Crippen molar-refractivity contribution >= 4 is 12.1 Å². The zero-order valence-corrected chi connectivity index (χ0v) is 10.9. The highest BCUT2D eigenvalue weighted by molar-refractivity contribution is 5.88. The Morgan fingerprint density at radius 1 is 1.63 bits per heavy atom. The van der Waals surface area contributed by atoms with Crippen LogP contribution in [0.25, 0.3) is 0 Å². The van der Waals surface area contributed by atoms with Gasteiger partial charge in [0.05, 0.1) is 25.9 Å². The van der Waals surface area contributed by atoms with Gasteiger partial charge in [-0.1, -0.05) is 18.6 Å². The molecule has 19 heavy (non-hydrogen) atoms. The second kappa shape index (κ2) is 5.68. The molecule has 1 aliphatic rings. The maximum absolute atomic E-state index is 11.6. The predicted octanol–water partition coefficient (Wildman–Crippen LogP) is 0.126. The SMILES string of the molecule is CCCc1c(C(=O)OC)nnn1CC1CNC(=O)O1. The van der Waals surface area contributed by atoms with Crippen LogP contribution in [-0.2, 0) is 22.4 Å². The van der Waals surface area contributed by atoms with E-state index in [0.717, 1.165) is 6.42 Å². The molecule has 0 radical (unpaired) electrons. The molecule has 2 heterocycles. The summed E-state index contributed by atoms with van der Waals surface area (Å²) in [6.07, 6.45) is 0.775. The second-order valence-corrected chi connectivity index (χ2v) is 4.22. The van der Waals surface area contributed by atoms with Crippen LogP contribution in [0.5, 0.6) is 0 Å². The van der Waals surface area contributed by atoms with E-state index in [1.165, 1.54) is 7.11 Å². The van der Waals surface area contributed by atoms with Gasteiger partial charge in [0, 0.05) is 0 Å². The molecule has 0 bridgehead atoms. The van der Waals surface area contributed by atoms with Gasteiger partial charge in [0.1, 0.15) is 6.10 Å². The average molecular weight is 268 g/mol. The summed E-state index contributed by atoms with van der Waals surface area (Å²) in [5.74, 6) is -0.503. The third-order valence-corrected chi connectivity index (χ3v) is 2.83. The monoisotopic (exact) mass is 268 g/mol. The highest BCUT2D eigenvalue weighted by Gasteiger charge is 2.26. The van der Waals surface area contributed by atoms with Crippen LogP contribution in [0.3, 0.4) is 0 Å². The first kappa shape index (κ1) is 13.3. The fourth-order valence-corrected chi connectivity index (χ4v) is 1.95. The van der Waals surface area contributed by atoms with E-state index >= 15 is 0 Å². The number of alkyl carbamates (subject to hydrolysis) is 1. The van der Waals surface area contributed by atoms with Gasteiger partial charge in [0.2, 0.25) is 0 Å². The minimum Gasteiger partial charge on any atom is -0.464 e. The topological polar surface area (TPSA) is 95.3 Å². The highest BCUT2D eigenvalue weighted by atomic mass is 16.6. The zero-order valence-electron chi connectivity index (χ0n) is 10.9. The van der Waals surface area contributed by atoms with Crippen molar-refractivity contribution < 1.29 is 19.1 Å². The molecule has 8 heteroatoms. The molecule has 1 fully saturated rings. The van der Waals surface area contributed by atoms with E-state index in [2.05, 4.69) is 20.4 Å². The van der Waals surface area contributed by atoms with Crippen molar-refractivity contribution in [2.45, 2.75) is 32.4 Å². The Kier molecular flexibility index (Phi) is 3.98. The van der Waals surface area contributed by atoms with E-state index in [-0.39, 0.29) is 11.8 Å². The number of nitrogens with zero attached hydrogens (tertiary/aromatic N) is 3. The van der Waals surface area contributed by atoms with E-state index in [0.29, 0.717) is 25.2 Å². The lowest BCUT2D eigenvalue weighted by Crippen LogP contribution is -2.23. The van der Waals surface area contributed by atoms with Gasteiger partial charge >= 0.3 is 12.1 Å². The van der Waals surface area contributed by atoms with Crippen molar-refractivity contribution in [3.05, 3.63) is 11.4 Å². The largest absolute Gasteiger partial charge is 0.464 e. The van der Waals surface area contributed by atoms with Crippen LogP contribution in [-0.4, -0.2) is 46.8 Å².